The minimum atomic E-state index is -0.603. The molecule has 1 aromatic rings. The molecule has 0 fully saturated rings. The number of ketones is 1. The van der Waals surface area contributed by atoms with Crippen molar-refractivity contribution in [2.24, 2.45) is 7.05 Å². The Morgan fingerprint density at radius 3 is 2.61 bits per heavy atom. The van der Waals surface area contributed by atoms with Gasteiger partial charge in [0.05, 0.1) is 13.0 Å². The standard InChI is InChI=1S/C11H18N4O3/c1-11(2,3)18-10(17)12-6-8(16)5-9-13-7-14-15(9)4/h7H,5-6H2,1-4H3,(H,12,17). The van der Waals surface area contributed by atoms with Gasteiger partial charge in [-0.15, -0.1) is 0 Å². The molecule has 0 spiro atoms. The summed E-state index contributed by atoms with van der Waals surface area (Å²) in [7, 11) is 1.71. The van der Waals surface area contributed by atoms with E-state index >= 15 is 0 Å². The van der Waals surface area contributed by atoms with E-state index in [-0.39, 0.29) is 18.7 Å². The Morgan fingerprint density at radius 1 is 1.44 bits per heavy atom. The van der Waals surface area contributed by atoms with Crippen LogP contribution in [0.15, 0.2) is 6.33 Å². The normalized spacial score (nSPS) is 11.1. The van der Waals surface area contributed by atoms with E-state index in [1.807, 2.05) is 0 Å². The summed E-state index contributed by atoms with van der Waals surface area (Å²) in [5, 5.41) is 6.26. The first-order valence-electron chi connectivity index (χ1n) is 5.59. The maximum Gasteiger partial charge on any atom is 0.408 e. The third kappa shape index (κ3) is 4.94. The summed E-state index contributed by atoms with van der Waals surface area (Å²) >= 11 is 0. The van der Waals surface area contributed by atoms with E-state index in [2.05, 4.69) is 15.4 Å². The summed E-state index contributed by atoms with van der Waals surface area (Å²) in [5.41, 5.74) is -0.573. The Hall–Kier alpha value is -1.92. The number of hydrogen-bond donors (Lipinski definition) is 1. The van der Waals surface area contributed by atoms with Gasteiger partial charge in [-0.2, -0.15) is 5.10 Å². The highest BCUT2D eigenvalue weighted by Gasteiger charge is 2.17. The number of nitrogens with one attached hydrogen (secondary N) is 1. The zero-order valence-electron chi connectivity index (χ0n) is 11.1. The van der Waals surface area contributed by atoms with Crippen molar-refractivity contribution in [2.75, 3.05) is 6.54 Å². The van der Waals surface area contributed by atoms with Gasteiger partial charge in [0.1, 0.15) is 17.8 Å². The zero-order valence-corrected chi connectivity index (χ0v) is 11.1. The lowest BCUT2D eigenvalue weighted by molar-refractivity contribution is -0.117. The van der Waals surface area contributed by atoms with Gasteiger partial charge in [0.2, 0.25) is 0 Å². The molecule has 1 aromatic heterocycles. The molecule has 1 rings (SSSR count). The molecule has 0 radical (unpaired) electrons. The minimum absolute atomic E-state index is 0.0816. The van der Waals surface area contributed by atoms with Crippen LogP contribution in [0.5, 0.6) is 0 Å². The van der Waals surface area contributed by atoms with Crippen LogP contribution in [0.1, 0.15) is 26.6 Å². The number of Topliss-reactive ketones (excluding diaryl/α,β-unsaturated/α-hetero) is 1. The van der Waals surface area contributed by atoms with Crippen LogP contribution < -0.4 is 5.32 Å². The number of amides is 1. The molecule has 1 N–H and O–H groups in total. The van der Waals surface area contributed by atoms with Crippen molar-refractivity contribution >= 4 is 11.9 Å². The van der Waals surface area contributed by atoms with Crippen molar-refractivity contribution in [2.45, 2.75) is 32.8 Å². The molecule has 0 aliphatic rings. The molecule has 100 valence electrons. The number of rotatable bonds is 4. The van der Waals surface area contributed by atoms with Gasteiger partial charge >= 0.3 is 6.09 Å². The number of aryl methyl sites for hydroxylation is 1. The summed E-state index contributed by atoms with van der Waals surface area (Å²) in [5.74, 6) is 0.406. The Labute approximate surface area is 106 Å². The van der Waals surface area contributed by atoms with Gasteiger partial charge < -0.3 is 10.1 Å². The minimum Gasteiger partial charge on any atom is -0.444 e. The second-order valence-electron chi connectivity index (χ2n) is 4.87. The maximum absolute atomic E-state index is 11.6. The van der Waals surface area contributed by atoms with Crippen LogP contribution in [0.3, 0.4) is 0 Å². The number of carbonyl (C=O) groups excluding carboxylic acids is 2. The number of carbonyl (C=O) groups is 2. The Bertz CT molecular complexity index is 434. The van der Waals surface area contributed by atoms with Crippen LogP contribution in [-0.4, -0.2) is 38.8 Å². The fourth-order valence-corrected chi connectivity index (χ4v) is 1.20. The highest BCUT2D eigenvalue weighted by molar-refractivity contribution is 5.85. The SMILES string of the molecule is Cn1ncnc1CC(=O)CNC(=O)OC(C)(C)C. The first-order valence-corrected chi connectivity index (χ1v) is 5.59. The molecule has 0 bridgehead atoms. The summed E-state index contributed by atoms with van der Waals surface area (Å²) in [6.07, 6.45) is 0.907. The lowest BCUT2D eigenvalue weighted by Gasteiger charge is -2.19. The quantitative estimate of drug-likeness (QED) is 0.843. The van der Waals surface area contributed by atoms with Crippen molar-refractivity contribution in [3.63, 3.8) is 0 Å². The van der Waals surface area contributed by atoms with Crippen LogP contribution in [0.4, 0.5) is 4.79 Å². The highest BCUT2D eigenvalue weighted by atomic mass is 16.6. The van der Waals surface area contributed by atoms with Crippen LogP contribution in [0, 0.1) is 0 Å². The van der Waals surface area contributed by atoms with E-state index in [1.165, 1.54) is 11.0 Å². The second kappa shape index (κ2) is 5.61. The lowest BCUT2D eigenvalue weighted by Crippen LogP contribution is -2.36. The van der Waals surface area contributed by atoms with Gasteiger partial charge in [0.15, 0.2) is 5.78 Å². The van der Waals surface area contributed by atoms with Gasteiger partial charge in [0, 0.05) is 7.05 Å². The second-order valence-corrected chi connectivity index (χ2v) is 4.87. The maximum atomic E-state index is 11.6. The van der Waals surface area contributed by atoms with E-state index in [4.69, 9.17) is 4.74 Å². The molecular weight excluding hydrogens is 236 g/mol. The third-order valence-corrected chi connectivity index (χ3v) is 1.99. The molecule has 0 aromatic carbocycles. The van der Waals surface area contributed by atoms with Crippen molar-refractivity contribution in [1.82, 2.24) is 20.1 Å². The summed E-state index contributed by atoms with van der Waals surface area (Å²) < 4.78 is 6.53. The lowest BCUT2D eigenvalue weighted by atomic mass is 10.2. The highest BCUT2D eigenvalue weighted by Crippen LogP contribution is 2.06. The summed E-state index contributed by atoms with van der Waals surface area (Å²) in [6.45, 7) is 5.19. The van der Waals surface area contributed by atoms with E-state index < -0.39 is 11.7 Å². The molecule has 18 heavy (non-hydrogen) atoms. The molecule has 0 aliphatic heterocycles. The van der Waals surface area contributed by atoms with Crippen LogP contribution in [0.2, 0.25) is 0 Å². The van der Waals surface area contributed by atoms with Crippen molar-refractivity contribution in [3.05, 3.63) is 12.2 Å². The fraction of sp³-hybridized carbons (Fsp3) is 0.636. The van der Waals surface area contributed by atoms with Crippen molar-refractivity contribution in [3.8, 4) is 0 Å². The van der Waals surface area contributed by atoms with E-state index in [0.717, 1.165) is 0 Å². The molecule has 7 nitrogen and oxygen atoms in total. The number of alkyl carbamates (subject to hydrolysis) is 1. The fourth-order valence-electron chi connectivity index (χ4n) is 1.20. The molecule has 0 unspecified atom stereocenters. The van der Waals surface area contributed by atoms with Gasteiger partial charge in [0.25, 0.3) is 0 Å². The van der Waals surface area contributed by atoms with Crippen LogP contribution in [-0.2, 0) is 23.0 Å². The number of ether oxygens (including phenoxy) is 1. The molecule has 1 amide bonds. The zero-order chi connectivity index (χ0) is 13.8. The summed E-state index contributed by atoms with van der Waals surface area (Å²) in [4.78, 5) is 26.8. The average Bonchev–Trinajstić information content (AvgIpc) is 2.59. The smallest absolute Gasteiger partial charge is 0.408 e. The topological polar surface area (TPSA) is 86.1 Å². The number of nitrogens with zero attached hydrogens (tertiary/aromatic N) is 3. The monoisotopic (exact) mass is 254 g/mol. The third-order valence-electron chi connectivity index (χ3n) is 1.99. The van der Waals surface area contributed by atoms with E-state index in [1.54, 1.807) is 27.8 Å². The first kappa shape index (κ1) is 14.1. The Balaban J connectivity index is 2.34. The van der Waals surface area contributed by atoms with Gasteiger partial charge in [-0.3, -0.25) is 9.48 Å². The Morgan fingerprint density at radius 2 is 2.11 bits per heavy atom. The summed E-state index contributed by atoms with van der Waals surface area (Å²) in [6, 6.07) is 0. The predicted octanol–water partition coefficient (Wildman–Crippen LogP) is 0.451. The molecule has 0 saturated carbocycles. The van der Waals surface area contributed by atoms with Crippen LogP contribution in [0.25, 0.3) is 0 Å². The molecule has 0 saturated heterocycles. The van der Waals surface area contributed by atoms with Gasteiger partial charge in [-0.25, -0.2) is 9.78 Å². The largest absolute Gasteiger partial charge is 0.444 e. The van der Waals surface area contributed by atoms with Gasteiger partial charge in [-0.05, 0) is 20.8 Å². The first-order chi connectivity index (χ1) is 8.28. The van der Waals surface area contributed by atoms with E-state index in [0.29, 0.717) is 5.82 Å². The number of aromatic nitrogens is 3. The van der Waals surface area contributed by atoms with Crippen LogP contribution >= 0.6 is 0 Å². The predicted molar refractivity (Wildman–Crippen MR) is 64.0 cm³/mol. The van der Waals surface area contributed by atoms with Crippen molar-refractivity contribution < 1.29 is 14.3 Å². The number of hydrogen-bond acceptors (Lipinski definition) is 5. The van der Waals surface area contributed by atoms with E-state index in [9.17, 15) is 9.59 Å². The molecule has 1 heterocycles. The van der Waals surface area contributed by atoms with Gasteiger partial charge in [-0.1, -0.05) is 0 Å². The molecular formula is C11H18N4O3. The Kier molecular flexibility index (Phi) is 4.41. The molecule has 0 atom stereocenters. The molecule has 0 aliphatic carbocycles. The van der Waals surface area contributed by atoms with Crippen molar-refractivity contribution in [1.29, 1.82) is 0 Å². The molecule has 7 heteroatoms. The average molecular weight is 254 g/mol.